The van der Waals surface area contributed by atoms with E-state index in [2.05, 4.69) is 45.5 Å². The number of aliphatic hydroxyl groups is 1. The first-order valence-electron chi connectivity index (χ1n) is 11.0. The Hall–Kier alpha value is -2.99. The van der Waals surface area contributed by atoms with Gasteiger partial charge >= 0.3 is 0 Å². The van der Waals surface area contributed by atoms with Crippen LogP contribution in [0.15, 0.2) is 42.6 Å². The summed E-state index contributed by atoms with van der Waals surface area (Å²) in [5, 5.41) is 24.1. The molecule has 3 aromatic rings. The highest BCUT2D eigenvalue weighted by molar-refractivity contribution is 5.98. The summed E-state index contributed by atoms with van der Waals surface area (Å²) in [5.74, 6) is 0.868. The van der Waals surface area contributed by atoms with Gasteiger partial charge in [-0.3, -0.25) is 4.79 Å². The lowest BCUT2D eigenvalue weighted by Crippen LogP contribution is -2.42. The van der Waals surface area contributed by atoms with Crippen LogP contribution in [0, 0.1) is 6.92 Å². The van der Waals surface area contributed by atoms with Gasteiger partial charge in [0.2, 0.25) is 0 Å². The monoisotopic (exact) mass is 416 g/mol. The number of carbonyl (C=O) groups is 1. The number of fused-ring (bicyclic) bond motifs is 1. The molecule has 0 bridgehead atoms. The van der Waals surface area contributed by atoms with Crippen LogP contribution in [0.2, 0.25) is 0 Å². The maximum Gasteiger partial charge on any atom is 0.251 e. The Bertz CT molecular complexity index is 1140. The Morgan fingerprint density at radius 3 is 2.68 bits per heavy atom. The van der Waals surface area contributed by atoms with Gasteiger partial charge in [-0.1, -0.05) is 12.1 Å². The number of nitrogens with one attached hydrogen (secondary N) is 1. The van der Waals surface area contributed by atoms with Crippen molar-refractivity contribution in [2.45, 2.75) is 51.2 Å². The number of hydrogen-bond donors (Lipinski definition) is 2. The SMILES string of the molecule is Cc1ccc(C(=O)NC2CC2)cc1-c1ccc2c(N3CCC(C)(O)CC3)nncc2c1. The first kappa shape index (κ1) is 19.9. The van der Waals surface area contributed by atoms with E-state index < -0.39 is 5.60 Å². The fourth-order valence-electron chi connectivity index (χ4n) is 4.24. The fraction of sp³-hybridized carbons (Fsp3) is 0.400. The van der Waals surface area contributed by atoms with Crippen molar-refractivity contribution in [3.05, 3.63) is 53.7 Å². The Balaban J connectivity index is 1.47. The molecule has 1 aliphatic heterocycles. The summed E-state index contributed by atoms with van der Waals surface area (Å²) in [6.45, 7) is 5.49. The Kier molecular flexibility index (Phi) is 4.89. The number of aromatic nitrogens is 2. The van der Waals surface area contributed by atoms with Gasteiger partial charge in [-0.2, -0.15) is 5.10 Å². The molecule has 1 saturated carbocycles. The molecule has 160 valence electrons. The van der Waals surface area contributed by atoms with Gasteiger partial charge in [0.05, 0.1) is 11.8 Å². The highest BCUT2D eigenvalue weighted by atomic mass is 16.3. The van der Waals surface area contributed by atoms with Crippen LogP contribution in [0.5, 0.6) is 0 Å². The van der Waals surface area contributed by atoms with E-state index in [1.807, 2.05) is 25.1 Å². The summed E-state index contributed by atoms with van der Waals surface area (Å²) < 4.78 is 0. The van der Waals surface area contributed by atoms with E-state index >= 15 is 0 Å². The summed E-state index contributed by atoms with van der Waals surface area (Å²) in [6.07, 6.45) is 5.39. The third-order valence-corrected chi connectivity index (χ3v) is 6.51. The molecule has 2 fully saturated rings. The number of piperidine rings is 1. The molecule has 1 amide bonds. The normalized spacial score (nSPS) is 18.2. The first-order chi connectivity index (χ1) is 14.9. The third-order valence-electron chi connectivity index (χ3n) is 6.51. The van der Waals surface area contributed by atoms with Crippen LogP contribution in [-0.4, -0.2) is 45.9 Å². The van der Waals surface area contributed by atoms with Crippen molar-refractivity contribution >= 4 is 22.5 Å². The average Bonchev–Trinajstić information content (AvgIpc) is 3.57. The number of nitrogens with zero attached hydrogens (tertiary/aromatic N) is 3. The molecule has 2 aromatic carbocycles. The predicted octanol–water partition coefficient (Wildman–Crippen LogP) is 3.85. The van der Waals surface area contributed by atoms with E-state index in [1.54, 1.807) is 6.20 Å². The van der Waals surface area contributed by atoms with E-state index in [1.165, 1.54) is 0 Å². The highest BCUT2D eigenvalue weighted by Gasteiger charge is 2.29. The second-order valence-corrected chi connectivity index (χ2v) is 9.23. The predicted molar refractivity (Wildman–Crippen MR) is 122 cm³/mol. The lowest BCUT2D eigenvalue weighted by molar-refractivity contribution is 0.0350. The summed E-state index contributed by atoms with van der Waals surface area (Å²) in [4.78, 5) is 14.7. The van der Waals surface area contributed by atoms with Crippen LogP contribution in [0.3, 0.4) is 0 Å². The van der Waals surface area contributed by atoms with Crippen LogP contribution in [0.4, 0.5) is 5.82 Å². The van der Waals surface area contributed by atoms with Crippen molar-refractivity contribution in [2.24, 2.45) is 0 Å². The van der Waals surface area contributed by atoms with E-state index in [-0.39, 0.29) is 5.91 Å². The van der Waals surface area contributed by atoms with E-state index in [9.17, 15) is 9.90 Å². The van der Waals surface area contributed by atoms with Crippen LogP contribution in [0.25, 0.3) is 21.9 Å². The molecule has 6 nitrogen and oxygen atoms in total. The largest absolute Gasteiger partial charge is 0.390 e. The smallest absolute Gasteiger partial charge is 0.251 e. The number of anilines is 1. The quantitative estimate of drug-likeness (QED) is 0.676. The molecule has 0 unspecified atom stereocenters. The number of amides is 1. The fourth-order valence-corrected chi connectivity index (χ4v) is 4.24. The maximum absolute atomic E-state index is 12.5. The van der Waals surface area contributed by atoms with Crippen molar-refractivity contribution in [2.75, 3.05) is 18.0 Å². The standard InChI is InChI=1S/C25H28N4O2/c1-16-3-4-18(24(30)27-20-6-7-20)14-22(16)17-5-8-21-19(13-17)15-26-28-23(21)29-11-9-25(2,31)10-12-29/h3-5,8,13-15,20,31H,6-7,9-12H2,1-2H3,(H,27,30). The molecule has 2 aliphatic rings. The van der Waals surface area contributed by atoms with Gasteiger partial charge in [0, 0.05) is 35.5 Å². The zero-order valence-corrected chi connectivity index (χ0v) is 18.1. The van der Waals surface area contributed by atoms with E-state index in [0.717, 1.165) is 72.1 Å². The second-order valence-electron chi connectivity index (χ2n) is 9.23. The minimum absolute atomic E-state index is 0.00123. The topological polar surface area (TPSA) is 78.4 Å². The number of carbonyl (C=O) groups excluding carboxylic acids is 1. The van der Waals surface area contributed by atoms with Crippen LogP contribution in [-0.2, 0) is 0 Å². The molecule has 31 heavy (non-hydrogen) atoms. The number of rotatable bonds is 4. The molecule has 6 heteroatoms. The molecule has 1 aromatic heterocycles. The van der Waals surface area contributed by atoms with Crippen LogP contribution < -0.4 is 10.2 Å². The molecule has 2 heterocycles. The summed E-state index contributed by atoms with van der Waals surface area (Å²) >= 11 is 0. The second kappa shape index (κ2) is 7.61. The highest BCUT2D eigenvalue weighted by Crippen LogP contribution is 2.33. The minimum atomic E-state index is -0.601. The Morgan fingerprint density at radius 1 is 1.16 bits per heavy atom. The van der Waals surface area contributed by atoms with Gasteiger partial charge in [0.25, 0.3) is 5.91 Å². The van der Waals surface area contributed by atoms with E-state index in [4.69, 9.17) is 0 Å². The molecule has 0 spiro atoms. The van der Waals surface area contributed by atoms with Gasteiger partial charge in [-0.15, -0.1) is 5.10 Å². The molecule has 0 atom stereocenters. The zero-order valence-electron chi connectivity index (χ0n) is 18.1. The molecular formula is C25H28N4O2. The van der Waals surface area contributed by atoms with Crippen molar-refractivity contribution in [3.8, 4) is 11.1 Å². The molecule has 1 saturated heterocycles. The lowest BCUT2D eigenvalue weighted by atomic mass is 9.93. The number of benzene rings is 2. The van der Waals surface area contributed by atoms with Crippen LogP contribution >= 0.6 is 0 Å². The van der Waals surface area contributed by atoms with Crippen LogP contribution in [0.1, 0.15) is 48.5 Å². The number of hydrogen-bond acceptors (Lipinski definition) is 5. The zero-order chi connectivity index (χ0) is 21.6. The van der Waals surface area contributed by atoms with Crippen molar-refractivity contribution in [3.63, 3.8) is 0 Å². The summed E-state index contributed by atoms with van der Waals surface area (Å²) in [7, 11) is 0. The van der Waals surface area contributed by atoms with Crippen molar-refractivity contribution in [1.29, 1.82) is 0 Å². The molecule has 1 aliphatic carbocycles. The van der Waals surface area contributed by atoms with Gasteiger partial charge in [-0.25, -0.2) is 0 Å². The number of aryl methyl sites for hydroxylation is 1. The summed E-state index contributed by atoms with van der Waals surface area (Å²) in [5.41, 5.74) is 3.34. The van der Waals surface area contributed by atoms with Gasteiger partial charge in [0.15, 0.2) is 5.82 Å². The Morgan fingerprint density at radius 2 is 1.94 bits per heavy atom. The van der Waals surface area contributed by atoms with Crippen molar-refractivity contribution in [1.82, 2.24) is 15.5 Å². The third kappa shape index (κ3) is 4.12. The van der Waals surface area contributed by atoms with Gasteiger partial charge < -0.3 is 15.3 Å². The minimum Gasteiger partial charge on any atom is -0.390 e. The maximum atomic E-state index is 12.5. The van der Waals surface area contributed by atoms with Gasteiger partial charge in [-0.05, 0) is 80.5 Å². The summed E-state index contributed by atoms with van der Waals surface area (Å²) in [6, 6.07) is 12.5. The van der Waals surface area contributed by atoms with Gasteiger partial charge in [0.1, 0.15) is 0 Å². The average molecular weight is 417 g/mol. The first-order valence-corrected chi connectivity index (χ1v) is 11.0. The molecule has 5 rings (SSSR count). The lowest BCUT2D eigenvalue weighted by Gasteiger charge is -2.36. The Labute approximate surface area is 182 Å². The van der Waals surface area contributed by atoms with E-state index in [0.29, 0.717) is 11.6 Å². The molecular weight excluding hydrogens is 388 g/mol. The van der Waals surface area contributed by atoms with Crippen molar-refractivity contribution < 1.29 is 9.90 Å². The molecule has 2 N–H and O–H groups in total. The molecule has 0 radical (unpaired) electrons.